The number of carbonyl (C=O) groups excluding carboxylic acids is 1. The van der Waals surface area contributed by atoms with Crippen LogP contribution in [0.25, 0.3) is 0 Å². The molecule has 0 aliphatic carbocycles. The Labute approximate surface area is 73.9 Å². The van der Waals surface area contributed by atoms with E-state index in [-0.39, 0.29) is 11.5 Å². The average molecular weight is 170 g/mol. The van der Waals surface area contributed by atoms with Gasteiger partial charge in [-0.15, -0.1) is 0 Å². The van der Waals surface area contributed by atoms with E-state index in [1.165, 1.54) is 0 Å². The minimum absolute atomic E-state index is 0.0127. The first-order valence-electron chi connectivity index (χ1n) is 4.50. The zero-order valence-corrected chi connectivity index (χ0v) is 8.11. The summed E-state index contributed by atoms with van der Waals surface area (Å²) >= 11 is 0. The number of piperazine rings is 1. The van der Waals surface area contributed by atoms with Gasteiger partial charge in [-0.25, -0.2) is 0 Å². The molecule has 1 saturated heterocycles. The third kappa shape index (κ3) is 2.29. The van der Waals surface area contributed by atoms with E-state index in [9.17, 15) is 4.79 Å². The minimum atomic E-state index is -0.226. The Kier molecular flexibility index (Phi) is 2.85. The van der Waals surface area contributed by atoms with Gasteiger partial charge in [0.15, 0.2) is 5.78 Å². The van der Waals surface area contributed by atoms with Crippen LogP contribution in [0.5, 0.6) is 0 Å². The molecule has 0 unspecified atom stereocenters. The van der Waals surface area contributed by atoms with E-state index in [4.69, 9.17) is 0 Å². The first-order chi connectivity index (χ1) is 5.52. The Morgan fingerprint density at radius 1 is 1.33 bits per heavy atom. The molecule has 0 amide bonds. The zero-order valence-electron chi connectivity index (χ0n) is 8.11. The highest BCUT2D eigenvalue weighted by molar-refractivity contribution is 5.89. The Bertz CT molecular complexity index is 166. The Hall–Kier alpha value is -0.410. The first-order valence-corrected chi connectivity index (χ1v) is 4.50. The van der Waals surface area contributed by atoms with Crippen LogP contribution >= 0.6 is 0 Å². The van der Waals surface area contributed by atoms with Crippen molar-refractivity contribution in [1.29, 1.82) is 0 Å². The summed E-state index contributed by atoms with van der Waals surface area (Å²) in [4.78, 5) is 11.7. The van der Waals surface area contributed by atoms with Crippen molar-refractivity contribution in [2.45, 2.75) is 26.8 Å². The molecule has 0 spiro atoms. The van der Waals surface area contributed by atoms with Crippen molar-refractivity contribution in [2.24, 2.45) is 5.41 Å². The molecular weight excluding hydrogens is 152 g/mol. The van der Waals surface area contributed by atoms with Crippen LogP contribution in [0.3, 0.4) is 0 Å². The molecule has 1 heterocycles. The molecule has 1 aliphatic rings. The van der Waals surface area contributed by atoms with Crippen LogP contribution in [-0.4, -0.2) is 31.5 Å². The second-order valence-electron chi connectivity index (χ2n) is 4.33. The first kappa shape index (κ1) is 9.68. The summed E-state index contributed by atoms with van der Waals surface area (Å²) in [6, 6.07) is 0.0127. The van der Waals surface area contributed by atoms with E-state index in [1.54, 1.807) is 0 Å². The molecule has 0 radical (unpaired) electrons. The van der Waals surface area contributed by atoms with Gasteiger partial charge in [-0.2, -0.15) is 0 Å². The van der Waals surface area contributed by atoms with Crippen molar-refractivity contribution < 1.29 is 4.79 Å². The summed E-state index contributed by atoms with van der Waals surface area (Å²) in [7, 11) is 0. The fourth-order valence-electron chi connectivity index (χ4n) is 1.36. The monoisotopic (exact) mass is 170 g/mol. The third-order valence-electron chi connectivity index (χ3n) is 2.10. The molecule has 0 saturated carbocycles. The Morgan fingerprint density at radius 2 is 2.00 bits per heavy atom. The van der Waals surface area contributed by atoms with Gasteiger partial charge in [-0.1, -0.05) is 20.8 Å². The van der Waals surface area contributed by atoms with Crippen molar-refractivity contribution in [1.82, 2.24) is 10.6 Å². The maximum absolute atomic E-state index is 11.7. The third-order valence-corrected chi connectivity index (χ3v) is 2.10. The van der Waals surface area contributed by atoms with E-state index in [0.717, 1.165) is 19.6 Å². The van der Waals surface area contributed by atoms with Gasteiger partial charge in [0.2, 0.25) is 0 Å². The molecular formula is C9H18N2O. The van der Waals surface area contributed by atoms with E-state index < -0.39 is 0 Å². The van der Waals surface area contributed by atoms with Gasteiger partial charge in [0, 0.05) is 25.0 Å². The summed E-state index contributed by atoms with van der Waals surface area (Å²) in [5.74, 6) is 0.301. The molecule has 70 valence electrons. The molecule has 1 fully saturated rings. The lowest BCUT2D eigenvalue weighted by atomic mass is 9.86. The number of nitrogens with one attached hydrogen (secondary N) is 2. The number of carbonyl (C=O) groups is 1. The molecule has 1 atom stereocenters. The van der Waals surface area contributed by atoms with E-state index in [2.05, 4.69) is 10.6 Å². The van der Waals surface area contributed by atoms with Crippen molar-refractivity contribution >= 4 is 5.78 Å². The molecule has 1 rings (SSSR count). The van der Waals surface area contributed by atoms with Gasteiger partial charge >= 0.3 is 0 Å². The predicted octanol–water partition coefficient (Wildman–Crippen LogP) is 0.163. The number of ketones is 1. The van der Waals surface area contributed by atoms with E-state index >= 15 is 0 Å². The Morgan fingerprint density at radius 3 is 2.42 bits per heavy atom. The number of Topliss-reactive ketones (excluding diaryl/α,β-unsaturated/α-hetero) is 1. The predicted molar refractivity (Wildman–Crippen MR) is 49.1 cm³/mol. The number of hydrogen-bond donors (Lipinski definition) is 2. The highest BCUT2D eigenvalue weighted by atomic mass is 16.1. The molecule has 0 aromatic carbocycles. The lowest BCUT2D eigenvalue weighted by Gasteiger charge is -2.28. The van der Waals surface area contributed by atoms with Crippen LogP contribution < -0.4 is 10.6 Å². The largest absolute Gasteiger partial charge is 0.313 e. The lowest BCUT2D eigenvalue weighted by Crippen LogP contribution is -2.54. The van der Waals surface area contributed by atoms with Crippen molar-refractivity contribution in [3.05, 3.63) is 0 Å². The van der Waals surface area contributed by atoms with Crippen molar-refractivity contribution in [3.63, 3.8) is 0 Å². The molecule has 3 heteroatoms. The van der Waals surface area contributed by atoms with E-state index in [1.807, 2.05) is 20.8 Å². The number of rotatable bonds is 1. The van der Waals surface area contributed by atoms with E-state index in [0.29, 0.717) is 5.78 Å². The van der Waals surface area contributed by atoms with Crippen LogP contribution in [0.4, 0.5) is 0 Å². The molecule has 3 nitrogen and oxygen atoms in total. The number of hydrogen-bond acceptors (Lipinski definition) is 3. The standard InChI is InChI=1S/C9H18N2O/c1-9(2,3)8(12)7-6-10-4-5-11-7/h7,10-11H,4-6H2,1-3H3/t7-/m1/s1. The highest BCUT2D eigenvalue weighted by Gasteiger charge is 2.29. The lowest BCUT2D eigenvalue weighted by molar-refractivity contribution is -0.128. The summed E-state index contributed by atoms with van der Waals surface area (Å²) in [6.07, 6.45) is 0. The molecule has 0 bridgehead atoms. The molecule has 0 aromatic rings. The average Bonchev–Trinajstić information content (AvgIpc) is 2.03. The second-order valence-corrected chi connectivity index (χ2v) is 4.33. The van der Waals surface area contributed by atoms with Gasteiger partial charge in [0.1, 0.15) is 0 Å². The molecule has 1 aliphatic heterocycles. The van der Waals surface area contributed by atoms with Crippen LogP contribution in [0.1, 0.15) is 20.8 Å². The summed E-state index contributed by atoms with van der Waals surface area (Å²) in [6.45, 7) is 8.53. The fourth-order valence-corrected chi connectivity index (χ4v) is 1.36. The van der Waals surface area contributed by atoms with Gasteiger partial charge in [0.05, 0.1) is 6.04 Å². The van der Waals surface area contributed by atoms with Crippen molar-refractivity contribution in [3.8, 4) is 0 Å². The second kappa shape index (κ2) is 3.54. The van der Waals surface area contributed by atoms with Crippen molar-refractivity contribution in [2.75, 3.05) is 19.6 Å². The fraction of sp³-hybridized carbons (Fsp3) is 0.889. The van der Waals surface area contributed by atoms with Gasteiger partial charge in [-0.3, -0.25) is 4.79 Å². The summed E-state index contributed by atoms with van der Waals surface area (Å²) < 4.78 is 0. The topological polar surface area (TPSA) is 41.1 Å². The highest BCUT2D eigenvalue weighted by Crippen LogP contribution is 2.16. The van der Waals surface area contributed by atoms with Gasteiger partial charge in [-0.05, 0) is 0 Å². The molecule has 0 aromatic heterocycles. The summed E-state index contributed by atoms with van der Waals surface area (Å²) in [5.41, 5.74) is -0.226. The smallest absolute Gasteiger partial charge is 0.156 e. The van der Waals surface area contributed by atoms with Crippen LogP contribution in [-0.2, 0) is 4.79 Å². The Balaban J connectivity index is 2.51. The SMILES string of the molecule is CC(C)(C)C(=O)[C@H]1CNCCN1. The summed E-state index contributed by atoms with van der Waals surface area (Å²) in [5, 5.41) is 6.42. The molecule has 12 heavy (non-hydrogen) atoms. The normalized spacial score (nSPS) is 25.4. The molecule has 2 N–H and O–H groups in total. The maximum atomic E-state index is 11.7. The van der Waals surface area contributed by atoms with Crippen LogP contribution in [0, 0.1) is 5.41 Å². The van der Waals surface area contributed by atoms with Gasteiger partial charge < -0.3 is 10.6 Å². The zero-order chi connectivity index (χ0) is 9.19. The maximum Gasteiger partial charge on any atom is 0.156 e. The van der Waals surface area contributed by atoms with Gasteiger partial charge in [0.25, 0.3) is 0 Å². The quantitative estimate of drug-likeness (QED) is 0.589. The minimum Gasteiger partial charge on any atom is -0.313 e. The van der Waals surface area contributed by atoms with Crippen LogP contribution in [0.15, 0.2) is 0 Å². The van der Waals surface area contributed by atoms with Crippen LogP contribution in [0.2, 0.25) is 0 Å².